The van der Waals surface area contributed by atoms with Gasteiger partial charge in [0.25, 0.3) is 0 Å². The van der Waals surface area contributed by atoms with E-state index in [0.717, 1.165) is 12.1 Å². The van der Waals surface area contributed by atoms with Crippen molar-refractivity contribution in [2.75, 3.05) is 19.8 Å². The van der Waals surface area contributed by atoms with Gasteiger partial charge >= 0.3 is 0 Å². The summed E-state index contributed by atoms with van der Waals surface area (Å²) in [6.45, 7) is 4.37. The number of rotatable bonds is 4. The Morgan fingerprint density at radius 2 is 2.19 bits per heavy atom. The molecule has 21 heavy (non-hydrogen) atoms. The molecule has 0 aliphatic carbocycles. The summed E-state index contributed by atoms with van der Waals surface area (Å²) < 4.78 is 31.6. The Balaban J connectivity index is 2.15. The van der Waals surface area contributed by atoms with Crippen LogP contribution in [-0.2, 0) is 4.74 Å². The van der Waals surface area contributed by atoms with E-state index >= 15 is 0 Å². The van der Waals surface area contributed by atoms with Crippen LogP contribution in [0.15, 0.2) is 18.2 Å². The van der Waals surface area contributed by atoms with Gasteiger partial charge in [-0.15, -0.1) is 0 Å². The van der Waals surface area contributed by atoms with Crippen molar-refractivity contribution < 1.29 is 23.4 Å². The smallest absolute Gasteiger partial charge is 0.179 e. The summed E-state index contributed by atoms with van der Waals surface area (Å²) in [5, 5.41) is 9.17. The summed E-state index contributed by atoms with van der Waals surface area (Å²) >= 11 is 0. The fraction of sp³-hybridized carbons (Fsp3) is 0.533. The number of carbonyl (C=O) groups is 1. The number of morpholine rings is 1. The highest BCUT2D eigenvalue weighted by atomic mass is 19.2. The predicted octanol–water partition coefficient (Wildman–Crippen LogP) is 1.62. The Hall–Kier alpha value is -1.37. The van der Waals surface area contributed by atoms with Gasteiger partial charge in [0, 0.05) is 18.2 Å². The minimum Gasteiger partial charge on any atom is -0.394 e. The van der Waals surface area contributed by atoms with Crippen LogP contribution < -0.4 is 0 Å². The number of hydrogen-bond acceptors (Lipinski definition) is 4. The first-order valence-corrected chi connectivity index (χ1v) is 6.91. The first-order valence-electron chi connectivity index (χ1n) is 6.91. The number of Topliss-reactive ketones (excluding diaryl/α,β-unsaturated/α-hetero) is 1. The van der Waals surface area contributed by atoms with Gasteiger partial charge in [-0.2, -0.15) is 0 Å². The fourth-order valence-electron chi connectivity index (χ4n) is 2.53. The second-order valence-electron chi connectivity index (χ2n) is 5.35. The van der Waals surface area contributed by atoms with Gasteiger partial charge in [-0.1, -0.05) is 0 Å². The van der Waals surface area contributed by atoms with Crippen molar-refractivity contribution >= 4 is 5.78 Å². The van der Waals surface area contributed by atoms with Crippen LogP contribution in [0.25, 0.3) is 0 Å². The van der Waals surface area contributed by atoms with Crippen molar-refractivity contribution in [3.63, 3.8) is 0 Å². The molecule has 3 unspecified atom stereocenters. The van der Waals surface area contributed by atoms with Crippen LogP contribution in [0.4, 0.5) is 8.78 Å². The molecule has 3 atom stereocenters. The molecule has 116 valence electrons. The molecule has 1 aliphatic heterocycles. The summed E-state index contributed by atoms with van der Waals surface area (Å²) in [6, 6.07) is 2.67. The molecule has 0 amide bonds. The van der Waals surface area contributed by atoms with Crippen molar-refractivity contribution in [2.45, 2.75) is 32.0 Å². The number of halogens is 2. The number of benzene rings is 1. The molecule has 0 aromatic heterocycles. The first kappa shape index (κ1) is 16.0. The van der Waals surface area contributed by atoms with Crippen molar-refractivity contribution in [3.05, 3.63) is 35.4 Å². The van der Waals surface area contributed by atoms with Gasteiger partial charge < -0.3 is 9.84 Å². The average Bonchev–Trinajstić information content (AvgIpc) is 2.49. The van der Waals surface area contributed by atoms with Crippen LogP contribution in [0.3, 0.4) is 0 Å². The van der Waals surface area contributed by atoms with E-state index in [1.54, 1.807) is 6.92 Å². The second kappa shape index (κ2) is 6.60. The number of nitrogens with zero attached hydrogens (tertiary/aromatic N) is 1. The number of aliphatic hydroxyl groups is 1. The van der Waals surface area contributed by atoms with E-state index in [0.29, 0.717) is 13.2 Å². The molecule has 6 heteroatoms. The highest BCUT2D eigenvalue weighted by molar-refractivity contribution is 5.99. The molecule has 4 nitrogen and oxygen atoms in total. The van der Waals surface area contributed by atoms with Crippen molar-refractivity contribution in [2.24, 2.45) is 0 Å². The summed E-state index contributed by atoms with van der Waals surface area (Å²) in [4.78, 5) is 14.3. The normalized spacial score (nSPS) is 24.8. The summed E-state index contributed by atoms with van der Waals surface area (Å²) in [6.07, 6.45) is -0.332. The largest absolute Gasteiger partial charge is 0.394 e. The van der Waals surface area contributed by atoms with Gasteiger partial charge in [-0.05, 0) is 32.0 Å². The monoisotopic (exact) mass is 299 g/mol. The van der Waals surface area contributed by atoms with E-state index in [9.17, 15) is 18.7 Å². The molecule has 1 aromatic rings. The maximum Gasteiger partial charge on any atom is 0.179 e. The van der Waals surface area contributed by atoms with E-state index in [-0.39, 0.29) is 30.1 Å². The van der Waals surface area contributed by atoms with Crippen LogP contribution in [0.1, 0.15) is 24.2 Å². The highest BCUT2D eigenvalue weighted by Crippen LogP contribution is 2.19. The quantitative estimate of drug-likeness (QED) is 0.858. The van der Waals surface area contributed by atoms with E-state index < -0.39 is 17.7 Å². The van der Waals surface area contributed by atoms with E-state index in [1.165, 1.54) is 6.07 Å². The Morgan fingerprint density at radius 3 is 2.81 bits per heavy atom. The highest BCUT2D eigenvalue weighted by Gasteiger charge is 2.32. The third-order valence-electron chi connectivity index (χ3n) is 3.84. The number of aliphatic hydroxyl groups excluding tert-OH is 1. The zero-order chi connectivity index (χ0) is 15.6. The topological polar surface area (TPSA) is 49.8 Å². The number of carbonyl (C=O) groups excluding carboxylic acids is 1. The molecule has 1 N–H and O–H groups in total. The van der Waals surface area contributed by atoms with Crippen LogP contribution in [-0.4, -0.2) is 53.7 Å². The average molecular weight is 299 g/mol. The Morgan fingerprint density at radius 1 is 1.48 bits per heavy atom. The molecule has 1 aromatic carbocycles. The molecule has 1 aliphatic rings. The summed E-state index contributed by atoms with van der Waals surface area (Å²) in [5.74, 6) is -2.28. The van der Waals surface area contributed by atoms with Crippen LogP contribution in [0.2, 0.25) is 0 Å². The second-order valence-corrected chi connectivity index (χ2v) is 5.35. The van der Waals surface area contributed by atoms with E-state index in [4.69, 9.17) is 4.74 Å². The molecule has 1 heterocycles. The summed E-state index contributed by atoms with van der Waals surface area (Å²) in [5.41, 5.74) is 0.139. The fourth-order valence-corrected chi connectivity index (χ4v) is 2.53. The summed E-state index contributed by atoms with van der Waals surface area (Å²) in [7, 11) is 0. The van der Waals surface area contributed by atoms with Crippen molar-refractivity contribution in [3.8, 4) is 0 Å². The first-order chi connectivity index (χ1) is 9.93. The number of ketones is 1. The minimum atomic E-state index is -1.03. The lowest BCUT2D eigenvalue weighted by Gasteiger charge is -2.40. The number of ether oxygens (including phenoxy) is 1. The third-order valence-corrected chi connectivity index (χ3v) is 3.84. The van der Waals surface area contributed by atoms with Crippen LogP contribution >= 0.6 is 0 Å². The molecule has 0 saturated carbocycles. The van der Waals surface area contributed by atoms with Gasteiger partial charge in [0.1, 0.15) is 0 Å². The molecule has 0 bridgehead atoms. The van der Waals surface area contributed by atoms with Crippen molar-refractivity contribution in [1.29, 1.82) is 0 Å². The molecule has 1 fully saturated rings. The molecule has 0 spiro atoms. The van der Waals surface area contributed by atoms with Crippen LogP contribution in [0, 0.1) is 11.6 Å². The van der Waals surface area contributed by atoms with Crippen molar-refractivity contribution in [1.82, 2.24) is 4.90 Å². The maximum atomic E-state index is 13.2. The zero-order valence-corrected chi connectivity index (χ0v) is 12.1. The molecular formula is C15H19F2NO3. The lowest BCUT2D eigenvalue weighted by molar-refractivity contribution is -0.0847. The van der Waals surface area contributed by atoms with Gasteiger partial charge in [0.2, 0.25) is 0 Å². The minimum absolute atomic E-state index is 0.0112. The number of hydrogen-bond donors (Lipinski definition) is 1. The van der Waals surface area contributed by atoms with Gasteiger partial charge in [0.15, 0.2) is 17.4 Å². The Labute approximate surface area is 122 Å². The van der Waals surface area contributed by atoms with Gasteiger partial charge in [-0.3, -0.25) is 9.69 Å². The molecule has 1 saturated heterocycles. The Bertz CT molecular complexity index is 524. The predicted molar refractivity (Wildman–Crippen MR) is 73.1 cm³/mol. The Kier molecular flexibility index (Phi) is 5.03. The van der Waals surface area contributed by atoms with Crippen LogP contribution in [0.5, 0.6) is 0 Å². The third kappa shape index (κ3) is 3.45. The molecule has 2 rings (SSSR count). The van der Waals surface area contributed by atoms with Gasteiger partial charge in [0.05, 0.1) is 25.4 Å². The molecular weight excluding hydrogens is 280 g/mol. The SMILES string of the molecule is CC1COC(CO)CN1C(C)C(=O)c1ccc(F)c(F)c1. The zero-order valence-electron chi connectivity index (χ0n) is 12.1. The standard InChI is InChI=1S/C15H19F2NO3/c1-9-8-21-12(7-19)6-18(9)10(2)15(20)11-3-4-13(16)14(17)5-11/h3-5,9-10,12,19H,6-8H2,1-2H3. The maximum absolute atomic E-state index is 13.2. The molecule has 0 radical (unpaired) electrons. The van der Waals surface area contributed by atoms with E-state index in [2.05, 4.69) is 0 Å². The lowest BCUT2D eigenvalue weighted by Crippen LogP contribution is -2.55. The van der Waals surface area contributed by atoms with E-state index in [1.807, 2.05) is 11.8 Å². The lowest BCUT2D eigenvalue weighted by atomic mass is 10.0. The van der Waals surface area contributed by atoms with Gasteiger partial charge in [-0.25, -0.2) is 8.78 Å².